The van der Waals surface area contributed by atoms with Crippen LogP contribution in [0.25, 0.3) is 0 Å². The van der Waals surface area contributed by atoms with Crippen molar-refractivity contribution in [3.63, 3.8) is 0 Å². The van der Waals surface area contributed by atoms with Crippen molar-refractivity contribution in [2.24, 2.45) is 0 Å². The van der Waals surface area contributed by atoms with Crippen LogP contribution in [-0.4, -0.2) is 15.0 Å². The second kappa shape index (κ2) is 6.57. The summed E-state index contributed by atoms with van der Waals surface area (Å²) in [6, 6.07) is 11.2. The maximum Gasteiger partial charge on any atom is 0.264 e. The third kappa shape index (κ3) is 3.54. The molecule has 2 rings (SSSR count). The largest absolute Gasteiger partial charge is 0.265 e. The zero-order chi connectivity index (χ0) is 15.6. The fourth-order valence-electron chi connectivity index (χ4n) is 1.88. The van der Waals surface area contributed by atoms with E-state index in [-0.39, 0.29) is 11.4 Å². The summed E-state index contributed by atoms with van der Waals surface area (Å²) < 4.78 is 27.5. The number of rotatable bonds is 4. The SMILES string of the molecule is CCN(c1cc(Cl)ccc1Cl)S(=O)(=O)c1ccc(Br)cc1. The maximum atomic E-state index is 12.7. The molecule has 0 aliphatic heterocycles. The van der Waals surface area contributed by atoms with Gasteiger partial charge in [0.25, 0.3) is 10.0 Å². The van der Waals surface area contributed by atoms with Gasteiger partial charge in [0.15, 0.2) is 0 Å². The van der Waals surface area contributed by atoms with Crippen LogP contribution in [-0.2, 0) is 10.0 Å². The summed E-state index contributed by atoms with van der Waals surface area (Å²) in [5, 5.41) is 0.765. The smallest absolute Gasteiger partial charge is 0.264 e. The Morgan fingerprint density at radius 3 is 2.29 bits per heavy atom. The second-order valence-electron chi connectivity index (χ2n) is 4.22. The van der Waals surface area contributed by atoms with Gasteiger partial charge in [-0.25, -0.2) is 8.42 Å². The minimum absolute atomic E-state index is 0.198. The van der Waals surface area contributed by atoms with E-state index in [1.807, 2.05) is 0 Å². The van der Waals surface area contributed by atoms with Gasteiger partial charge in [0, 0.05) is 16.0 Å². The Kier molecular flexibility index (Phi) is 5.20. The molecule has 0 fully saturated rings. The number of sulfonamides is 1. The van der Waals surface area contributed by atoms with Crippen LogP contribution in [0.4, 0.5) is 5.69 Å². The molecule has 0 aliphatic carbocycles. The van der Waals surface area contributed by atoms with Crippen molar-refractivity contribution in [2.75, 3.05) is 10.8 Å². The fraction of sp³-hybridized carbons (Fsp3) is 0.143. The van der Waals surface area contributed by atoms with Crippen LogP contribution < -0.4 is 4.31 Å². The van der Waals surface area contributed by atoms with E-state index in [0.29, 0.717) is 15.7 Å². The lowest BCUT2D eigenvalue weighted by atomic mass is 10.3. The van der Waals surface area contributed by atoms with Gasteiger partial charge in [-0.15, -0.1) is 0 Å². The second-order valence-corrected chi connectivity index (χ2v) is 7.84. The Hall–Kier alpha value is -0.750. The van der Waals surface area contributed by atoms with Crippen molar-refractivity contribution in [2.45, 2.75) is 11.8 Å². The third-order valence-electron chi connectivity index (χ3n) is 2.87. The van der Waals surface area contributed by atoms with Crippen LogP contribution in [0.3, 0.4) is 0 Å². The average Bonchev–Trinajstić information content (AvgIpc) is 2.43. The lowest BCUT2D eigenvalue weighted by Gasteiger charge is -2.24. The van der Waals surface area contributed by atoms with E-state index in [1.54, 1.807) is 49.4 Å². The minimum atomic E-state index is -3.69. The van der Waals surface area contributed by atoms with Gasteiger partial charge in [-0.2, -0.15) is 0 Å². The van der Waals surface area contributed by atoms with Gasteiger partial charge in [-0.1, -0.05) is 39.1 Å². The van der Waals surface area contributed by atoms with E-state index < -0.39 is 10.0 Å². The van der Waals surface area contributed by atoms with E-state index in [9.17, 15) is 8.42 Å². The van der Waals surface area contributed by atoms with Gasteiger partial charge in [0.05, 0.1) is 15.6 Å². The van der Waals surface area contributed by atoms with E-state index in [0.717, 1.165) is 4.47 Å². The van der Waals surface area contributed by atoms with Crippen LogP contribution in [0, 0.1) is 0 Å². The van der Waals surface area contributed by atoms with Crippen LogP contribution >= 0.6 is 39.1 Å². The highest BCUT2D eigenvalue weighted by atomic mass is 79.9. The summed E-state index contributed by atoms with van der Waals surface area (Å²) in [7, 11) is -3.69. The van der Waals surface area contributed by atoms with Gasteiger partial charge >= 0.3 is 0 Å². The Bertz CT molecular complexity index is 748. The van der Waals surface area contributed by atoms with Crippen LogP contribution in [0.15, 0.2) is 51.8 Å². The number of hydrogen-bond donors (Lipinski definition) is 0. The molecule has 0 atom stereocenters. The monoisotopic (exact) mass is 407 g/mol. The first-order chi connectivity index (χ1) is 9.86. The molecule has 0 aliphatic rings. The molecule has 7 heteroatoms. The number of halogens is 3. The summed E-state index contributed by atoms with van der Waals surface area (Å²) in [5.41, 5.74) is 0.370. The van der Waals surface area contributed by atoms with Crippen LogP contribution in [0.1, 0.15) is 6.92 Å². The molecule has 112 valence electrons. The highest BCUT2D eigenvalue weighted by Gasteiger charge is 2.25. The predicted octanol–water partition coefficient (Wildman–Crippen LogP) is 4.97. The van der Waals surface area contributed by atoms with Crippen molar-refractivity contribution in [3.8, 4) is 0 Å². The van der Waals surface area contributed by atoms with E-state index in [2.05, 4.69) is 15.9 Å². The first-order valence-corrected chi connectivity index (χ1v) is 9.08. The molecule has 0 amide bonds. The summed E-state index contributed by atoms with van der Waals surface area (Å²) in [6.45, 7) is 1.99. The Morgan fingerprint density at radius 1 is 1.10 bits per heavy atom. The number of hydrogen-bond acceptors (Lipinski definition) is 2. The molecule has 2 aromatic rings. The molecule has 0 unspecified atom stereocenters. The zero-order valence-electron chi connectivity index (χ0n) is 11.1. The van der Waals surface area contributed by atoms with Gasteiger partial charge in [-0.3, -0.25) is 4.31 Å². The standard InChI is InChI=1S/C14H12BrCl2NO2S/c1-2-18(14-9-11(16)5-8-13(14)17)21(19,20)12-6-3-10(15)4-7-12/h3-9H,2H2,1H3. The van der Waals surface area contributed by atoms with E-state index >= 15 is 0 Å². The van der Waals surface area contributed by atoms with Crippen molar-refractivity contribution >= 4 is 54.8 Å². The zero-order valence-corrected chi connectivity index (χ0v) is 15.0. The summed E-state index contributed by atoms with van der Waals surface area (Å²) >= 11 is 15.3. The molecule has 0 saturated carbocycles. The molecular weight excluding hydrogens is 397 g/mol. The molecule has 0 heterocycles. The Morgan fingerprint density at radius 2 is 1.71 bits per heavy atom. The quantitative estimate of drug-likeness (QED) is 0.715. The van der Waals surface area contributed by atoms with Crippen molar-refractivity contribution in [3.05, 3.63) is 57.0 Å². The fourth-order valence-corrected chi connectivity index (χ4v) is 4.07. The molecule has 21 heavy (non-hydrogen) atoms. The molecular formula is C14H12BrCl2NO2S. The first-order valence-electron chi connectivity index (χ1n) is 6.09. The Balaban J connectivity index is 2.54. The molecule has 3 nitrogen and oxygen atoms in total. The van der Waals surface area contributed by atoms with Crippen LogP contribution in [0.2, 0.25) is 10.0 Å². The van der Waals surface area contributed by atoms with Crippen molar-refractivity contribution in [1.82, 2.24) is 0 Å². The number of anilines is 1. The normalized spacial score (nSPS) is 11.4. The highest BCUT2D eigenvalue weighted by molar-refractivity contribution is 9.10. The van der Waals surface area contributed by atoms with E-state index in [4.69, 9.17) is 23.2 Å². The van der Waals surface area contributed by atoms with Gasteiger partial charge < -0.3 is 0 Å². The van der Waals surface area contributed by atoms with E-state index in [1.165, 1.54) is 4.31 Å². The van der Waals surface area contributed by atoms with Crippen molar-refractivity contribution in [1.29, 1.82) is 0 Å². The van der Waals surface area contributed by atoms with Crippen molar-refractivity contribution < 1.29 is 8.42 Å². The minimum Gasteiger partial charge on any atom is -0.265 e. The first kappa shape index (κ1) is 16.6. The van der Waals surface area contributed by atoms with Gasteiger partial charge in [0.1, 0.15) is 0 Å². The maximum absolute atomic E-state index is 12.7. The summed E-state index contributed by atoms with van der Waals surface area (Å²) in [6.07, 6.45) is 0. The average molecular weight is 409 g/mol. The summed E-state index contributed by atoms with van der Waals surface area (Å²) in [5.74, 6) is 0. The molecule has 0 aromatic heterocycles. The molecule has 0 bridgehead atoms. The number of benzene rings is 2. The number of nitrogens with zero attached hydrogens (tertiary/aromatic N) is 1. The predicted molar refractivity (Wildman–Crippen MR) is 90.8 cm³/mol. The highest BCUT2D eigenvalue weighted by Crippen LogP contribution is 2.32. The topological polar surface area (TPSA) is 37.4 Å². The molecule has 0 radical (unpaired) electrons. The van der Waals surface area contributed by atoms with Crippen LogP contribution in [0.5, 0.6) is 0 Å². The molecule has 0 spiro atoms. The molecule has 0 saturated heterocycles. The third-order valence-corrected chi connectivity index (χ3v) is 5.85. The van der Waals surface area contributed by atoms with Gasteiger partial charge in [-0.05, 0) is 49.4 Å². The lowest BCUT2D eigenvalue weighted by Crippen LogP contribution is -2.31. The Labute approximate surface area is 142 Å². The molecule has 0 N–H and O–H groups in total. The van der Waals surface area contributed by atoms with Gasteiger partial charge in [0.2, 0.25) is 0 Å². The lowest BCUT2D eigenvalue weighted by molar-refractivity contribution is 0.592. The summed E-state index contributed by atoms with van der Waals surface area (Å²) in [4.78, 5) is 0.198. The molecule has 2 aromatic carbocycles.